The van der Waals surface area contributed by atoms with Gasteiger partial charge in [-0.15, -0.1) is 0 Å². The maximum atomic E-state index is 10.3. The maximum absolute atomic E-state index is 10.3. The molecule has 0 fully saturated rings. The minimum atomic E-state index is -1.12. The van der Waals surface area contributed by atoms with Crippen LogP contribution in [0.4, 0.5) is 0 Å². The summed E-state index contributed by atoms with van der Waals surface area (Å²) in [6.07, 6.45) is 0. The van der Waals surface area contributed by atoms with Gasteiger partial charge in [-0.05, 0) is 22.9 Å². The largest absolute Gasteiger partial charge is 0.475 e. The summed E-state index contributed by atoms with van der Waals surface area (Å²) in [6.45, 7) is 1.65. The summed E-state index contributed by atoms with van der Waals surface area (Å²) < 4.78 is 4.86. The van der Waals surface area contributed by atoms with Gasteiger partial charge in [0.25, 0.3) is 5.76 Å². The predicted octanol–water partition coefficient (Wildman–Crippen LogP) is 1.44. The fourth-order valence-corrected chi connectivity index (χ4v) is 0.806. The van der Waals surface area contributed by atoms with Crippen molar-refractivity contribution in [2.45, 2.75) is 6.92 Å². The van der Waals surface area contributed by atoms with Gasteiger partial charge in [0.05, 0.1) is 10.2 Å². The van der Waals surface area contributed by atoms with Crippen molar-refractivity contribution in [1.82, 2.24) is 5.16 Å². The lowest BCUT2D eigenvalue weighted by Gasteiger charge is -1.83. The van der Waals surface area contributed by atoms with E-state index in [0.717, 1.165) is 0 Å². The SMILES string of the molecule is Cc1noc(C(=O)O)c1Br. The molecule has 1 rings (SSSR count). The van der Waals surface area contributed by atoms with Crippen molar-refractivity contribution in [3.63, 3.8) is 0 Å². The number of hydrogen-bond acceptors (Lipinski definition) is 3. The van der Waals surface area contributed by atoms with Gasteiger partial charge in [0.2, 0.25) is 0 Å². The summed E-state index contributed by atoms with van der Waals surface area (Å²) in [5, 5.41) is 11.8. The van der Waals surface area contributed by atoms with Gasteiger partial charge >= 0.3 is 5.97 Å². The predicted molar refractivity (Wildman–Crippen MR) is 35.9 cm³/mol. The van der Waals surface area contributed by atoms with Gasteiger partial charge in [0.1, 0.15) is 0 Å². The van der Waals surface area contributed by atoms with E-state index in [1.165, 1.54) is 0 Å². The molecule has 0 aliphatic rings. The summed E-state index contributed by atoms with van der Waals surface area (Å²) in [4.78, 5) is 10.3. The van der Waals surface area contributed by atoms with Crippen LogP contribution in [-0.4, -0.2) is 16.2 Å². The first-order valence-corrected chi connectivity index (χ1v) is 3.27. The van der Waals surface area contributed by atoms with Crippen LogP contribution in [0.25, 0.3) is 0 Å². The van der Waals surface area contributed by atoms with Crippen molar-refractivity contribution in [2.75, 3.05) is 0 Å². The first-order chi connectivity index (χ1) is 4.63. The first kappa shape index (κ1) is 7.27. The molecule has 0 spiro atoms. The van der Waals surface area contributed by atoms with Crippen LogP contribution in [0.1, 0.15) is 16.2 Å². The number of halogens is 1. The molecule has 0 amide bonds. The van der Waals surface area contributed by atoms with Crippen LogP contribution >= 0.6 is 15.9 Å². The van der Waals surface area contributed by atoms with Crippen LogP contribution in [0.5, 0.6) is 0 Å². The molecule has 0 atom stereocenters. The molecule has 5 heteroatoms. The number of hydrogen-bond donors (Lipinski definition) is 1. The zero-order valence-corrected chi connectivity index (χ0v) is 6.67. The van der Waals surface area contributed by atoms with Crippen LogP contribution in [0.15, 0.2) is 9.00 Å². The van der Waals surface area contributed by atoms with Crippen LogP contribution in [-0.2, 0) is 0 Å². The molecular formula is C5H4BrNO3. The lowest BCUT2D eigenvalue weighted by molar-refractivity contribution is 0.0650. The molecule has 0 bridgehead atoms. The summed E-state index contributed by atoms with van der Waals surface area (Å²) in [5.41, 5.74) is 0.539. The van der Waals surface area contributed by atoms with Crippen LogP contribution in [0, 0.1) is 6.92 Å². The average Bonchev–Trinajstić information content (AvgIpc) is 2.14. The highest BCUT2D eigenvalue weighted by Crippen LogP contribution is 2.19. The van der Waals surface area contributed by atoms with E-state index in [2.05, 4.69) is 25.6 Å². The number of rotatable bonds is 1. The number of aromatic carboxylic acids is 1. The molecular weight excluding hydrogens is 202 g/mol. The second kappa shape index (κ2) is 2.42. The molecule has 1 aromatic rings. The number of aromatic nitrogens is 1. The van der Waals surface area contributed by atoms with Gasteiger partial charge in [-0.1, -0.05) is 5.16 Å². The molecule has 1 aromatic heterocycles. The molecule has 10 heavy (non-hydrogen) atoms. The fourth-order valence-electron chi connectivity index (χ4n) is 0.491. The summed E-state index contributed by atoms with van der Waals surface area (Å²) in [7, 11) is 0. The third-order valence-electron chi connectivity index (χ3n) is 0.985. The summed E-state index contributed by atoms with van der Waals surface area (Å²) >= 11 is 3.01. The molecule has 54 valence electrons. The van der Waals surface area contributed by atoms with E-state index in [-0.39, 0.29) is 5.76 Å². The number of carbonyl (C=O) groups is 1. The molecule has 0 radical (unpaired) electrons. The van der Waals surface area contributed by atoms with Crippen LogP contribution in [0.3, 0.4) is 0 Å². The summed E-state index contributed by atoms with van der Waals surface area (Å²) in [6, 6.07) is 0. The van der Waals surface area contributed by atoms with Gasteiger partial charge in [-0.25, -0.2) is 4.79 Å². The van der Waals surface area contributed by atoms with Crippen molar-refractivity contribution in [2.24, 2.45) is 0 Å². The third-order valence-corrected chi connectivity index (χ3v) is 1.92. The lowest BCUT2D eigenvalue weighted by Crippen LogP contribution is -1.93. The first-order valence-electron chi connectivity index (χ1n) is 2.48. The highest BCUT2D eigenvalue weighted by Gasteiger charge is 2.16. The van der Waals surface area contributed by atoms with Gasteiger partial charge in [-0.3, -0.25) is 0 Å². The van der Waals surface area contributed by atoms with Gasteiger partial charge in [0, 0.05) is 0 Å². The van der Waals surface area contributed by atoms with E-state index in [0.29, 0.717) is 10.2 Å². The van der Waals surface area contributed by atoms with Crippen molar-refractivity contribution in [1.29, 1.82) is 0 Å². The Morgan fingerprint density at radius 3 is 2.60 bits per heavy atom. The minimum absolute atomic E-state index is 0.155. The zero-order chi connectivity index (χ0) is 7.72. The Morgan fingerprint density at radius 1 is 1.80 bits per heavy atom. The number of carboxylic acids is 1. The van der Waals surface area contributed by atoms with Crippen molar-refractivity contribution < 1.29 is 14.4 Å². The molecule has 0 aromatic carbocycles. The number of carboxylic acid groups (broad SMARTS) is 1. The molecule has 1 heterocycles. The monoisotopic (exact) mass is 205 g/mol. The Labute approximate surface area is 64.9 Å². The van der Waals surface area contributed by atoms with Crippen LogP contribution < -0.4 is 0 Å². The highest BCUT2D eigenvalue weighted by molar-refractivity contribution is 9.10. The van der Waals surface area contributed by atoms with Crippen molar-refractivity contribution in [3.8, 4) is 0 Å². The van der Waals surface area contributed by atoms with Gasteiger partial charge in [-0.2, -0.15) is 0 Å². The Morgan fingerprint density at radius 2 is 2.40 bits per heavy atom. The maximum Gasteiger partial charge on any atom is 0.375 e. The van der Waals surface area contributed by atoms with E-state index >= 15 is 0 Å². The molecule has 4 nitrogen and oxygen atoms in total. The summed E-state index contributed by atoms with van der Waals surface area (Å²) in [5.74, 6) is -1.27. The molecule has 0 saturated carbocycles. The van der Waals surface area contributed by atoms with E-state index in [1.54, 1.807) is 6.92 Å². The Kier molecular flexibility index (Phi) is 1.76. The van der Waals surface area contributed by atoms with Gasteiger partial charge < -0.3 is 9.63 Å². The second-order valence-corrected chi connectivity index (χ2v) is 2.51. The average molecular weight is 206 g/mol. The number of aryl methyl sites for hydroxylation is 1. The smallest absolute Gasteiger partial charge is 0.375 e. The van der Waals surface area contributed by atoms with Crippen LogP contribution in [0.2, 0.25) is 0 Å². The zero-order valence-electron chi connectivity index (χ0n) is 5.09. The Hall–Kier alpha value is -0.840. The third kappa shape index (κ3) is 1.04. The van der Waals surface area contributed by atoms with E-state index in [4.69, 9.17) is 5.11 Å². The molecule has 0 unspecified atom stereocenters. The molecule has 0 aliphatic carbocycles. The molecule has 0 saturated heterocycles. The minimum Gasteiger partial charge on any atom is -0.475 e. The van der Waals surface area contributed by atoms with Gasteiger partial charge in [0.15, 0.2) is 0 Å². The van der Waals surface area contributed by atoms with Crippen molar-refractivity contribution in [3.05, 3.63) is 15.9 Å². The van der Waals surface area contributed by atoms with Crippen molar-refractivity contribution >= 4 is 21.9 Å². The fraction of sp³-hybridized carbons (Fsp3) is 0.200. The highest BCUT2D eigenvalue weighted by atomic mass is 79.9. The Bertz CT molecular complexity index is 268. The van der Waals surface area contributed by atoms with E-state index < -0.39 is 5.97 Å². The molecule has 1 N–H and O–H groups in total. The normalized spacial score (nSPS) is 9.80. The van der Waals surface area contributed by atoms with E-state index in [1.807, 2.05) is 0 Å². The van der Waals surface area contributed by atoms with E-state index in [9.17, 15) is 4.79 Å². The standard InChI is InChI=1S/C5H4BrNO3/c1-2-3(6)4(5(8)9)10-7-2/h1H3,(H,8,9). The lowest BCUT2D eigenvalue weighted by atomic mass is 10.4. The topological polar surface area (TPSA) is 63.3 Å². The number of nitrogens with zero attached hydrogens (tertiary/aromatic N) is 1. The quantitative estimate of drug-likeness (QED) is 0.754. The second-order valence-electron chi connectivity index (χ2n) is 1.72. The molecule has 0 aliphatic heterocycles. The Balaban J connectivity index is 3.17.